The first-order chi connectivity index (χ1) is 4.79. The Morgan fingerprint density at radius 2 is 1.30 bits per heavy atom. The van der Waals surface area contributed by atoms with Crippen molar-refractivity contribution in [2.75, 3.05) is 0 Å². The van der Waals surface area contributed by atoms with E-state index in [1.165, 1.54) is 0 Å². The summed E-state index contributed by atoms with van der Waals surface area (Å²) in [5, 5.41) is 16.9. The van der Waals surface area contributed by atoms with Crippen LogP contribution in [0.2, 0.25) is 0 Å². The smallest absolute Gasteiger partial charge is 0.100 e. The highest BCUT2D eigenvalue weighted by Crippen LogP contribution is 2.05. The van der Waals surface area contributed by atoms with Gasteiger partial charge in [0.15, 0.2) is 0 Å². The molecule has 0 radical (unpaired) electrons. The van der Waals surface area contributed by atoms with Crippen LogP contribution in [-0.2, 0) is 0 Å². The monoisotopic (exact) mass is 132 g/mol. The molecule has 0 aliphatic carbocycles. The minimum absolute atomic E-state index is 0.435. The van der Waals surface area contributed by atoms with Crippen molar-refractivity contribution in [1.29, 1.82) is 10.5 Å². The van der Waals surface area contributed by atoms with Gasteiger partial charge in [-0.25, -0.2) is 0 Å². The van der Waals surface area contributed by atoms with Crippen molar-refractivity contribution in [2.24, 2.45) is 0 Å². The second-order valence-corrected chi connectivity index (χ2v) is 1.63. The van der Waals surface area contributed by atoms with Crippen molar-refractivity contribution in [2.45, 2.75) is 13.8 Å². The lowest BCUT2D eigenvalue weighted by molar-refractivity contribution is 1.40. The molecule has 0 unspecified atom stereocenters. The van der Waals surface area contributed by atoms with E-state index in [2.05, 4.69) is 0 Å². The zero-order valence-electron chi connectivity index (χ0n) is 6.05. The molecule has 50 valence electrons. The van der Waals surface area contributed by atoms with Crippen molar-refractivity contribution in [3.63, 3.8) is 0 Å². The van der Waals surface area contributed by atoms with Gasteiger partial charge < -0.3 is 0 Å². The number of allylic oxidation sites excluding steroid dienone is 4. The summed E-state index contributed by atoms with van der Waals surface area (Å²) in [4.78, 5) is 0. The molecule has 0 saturated heterocycles. The second kappa shape index (κ2) is 4.35. The van der Waals surface area contributed by atoms with Crippen molar-refractivity contribution < 1.29 is 0 Å². The molecule has 0 bridgehead atoms. The average molecular weight is 132 g/mol. The SMILES string of the molecule is C/C=C(C#N)\C(C#N)=C/C. The van der Waals surface area contributed by atoms with Gasteiger partial charge in [0.05, 0.1) is 11.1 Å². The van der Waals surface area contributed by atoms with Gasteiger partial charge in [0.25, 0.3) is 0 Å². The van der Waals surface area contributed by atoms with E-state index in [0.717, 1.165) is 0 Å². The van der Waals surface area contributed by atoms with Crippen LogP contribution in [-0.4, -0.2) is 0 Å². The van der Waals surface area contributed by atoms with Gasteiger partial charge in [-0.15, -0.1) is 0 Å². The molecule has 0 saturated carbocycles. The van der Waals surface area contributed by atoms with Gasteiger partial charge in [-0.2, -0.15) is 10.5 Å². The summed E-state index contributed by atoms with van der Waals surface area (Å²) in [5.41, 5.74) is 0.870. The lowest BCUT2D eigenvalue weighted by Crippen LogP contribution is -1.80. The third kappa shape index (κ3) is 1.76. The van der Waals surface area contributed by atoms with Crippen LogP contribution in [0.5, 0.6) is 0 Å². The Morgan fingerprint density at radius 1 is 1.00 bits per heavy atom. The Labute approximate surface area is 60.7 Å². The molecule has 0 atom stereocenters. The third-order valence-corrected chi connectivity index (χ3v) is 1.11. The van der Waals surface area contributed by atoms with Crippen molar-refractivity contribution >= 4 is 0 Å². The van der Waals surface area contributed by atoms with E-state index >= 15 is 0 Å². The van der Waals surface area contributed by atoms with Gasteiger partial charge in [0.1, 0.15) is 12.1 Å². The van der Waals surface area contributed by atoms with Crippen molar-refractivity contribution in [3.05, 3.63) is 23.3 Å². The fourth-order valence-electron chi connectivity index (χ4n) is 0.561. The van der Waals surface area contributed by atoms with Gasteiger partial charge in [-0.1, -0.05) is 12.2 Å². The summed E-state index contributed by atoms with van der Waals surface area (Å²) in [7, 11) is 0. The van der Waals surface area contributed by atoms with E-state index in [9.17, 15) is 0 Å². The molecule has 0 aromatic heterocycles. The third-order valence-electron chi connectivity index (χ3n) is 1.11. The van der Waals surface area contributed by atoms with Gasteiger partial charge in [0, 0.05) is 0 Å². The first-order valence-corrected chi connectivity index (χ1v) is 2.93. The Balaban J connectivity index is 4.70. The Bertz CT molecular complexity index is 217. The normalized spacial score (nSPS) is 12.0. The average Bonchev–Trinajstić information content (AvgIpc) is 2.00. The Hall–Kier alpha value is -1.54. The predicted octanol–water partition coefficient (Wildman–Crippen LogP) is 1.93. The highest BCUT2D eigenvalue weighted by Gasteiger charge is 1.98. The standard InChI is InChI=1S/C8H8N2/c1-3-7(5-9)8(4-2)6-10/h3-4H,1-2H3/b7-3-,8-4-. The lowest BCUT2D eigenvalue weighted by Gasteiger charge is -1.88. The zero-order valence-corrected chi connectivity index (χ0v) is 6.05. The molecule has 0 aromatic carbocycles. The summed E-state index contributed by atoms with van der Waals surface area (Å²) < 4.78 is 0. The van der Waals surface area contributed by atoms with Gasteiger partial charge in [-0.05, 0) is 13.8 Å². The summed E-state index contributed by atoms with van der Waals surface area (Å²) in [5.74, 6) is 0. The highest BCUT2D eigenvalue weighted by molar-refractivity contribution is 5.49. The molecular formula is C8H8N2. The number of nitrogens with zero attached hydrogens (tertiary/aromatic N) is 2. The minimum atomic E-state index is 0.435. The molecule has 0 fully saturated rings. The maximum atomic E-state index is 8.45. The fraction of sp³-hybridized carbons (Fsp3) is 0.250. The Morgan fingerprint density at radius 3 is 1.40 bits per heavy atom. The number of hydrogen-bond donors (Lipinski definition) is 0. The quantitative estimate of drug-likeness (QED) is 0.404. The predicted molar refractivity (Wildman–Crippen MR) is 38.7 cm³/mol. The molecule has 2 nitrogen and oxygen atoms in total. The van der Waals surface area contributed by atoms with Crippen molar-refractivity contribution in [3.8, 4) is 12.1 Å². The van der Waals surface area contributed by atoms with Crippen LogP contribution in [0.3, 0.4) is 0 Å². The molecule has 0 N–H and O–H groups in total. The van der Waals surface area contributed by atoms with E-state index in [-0.39, 0.29) is 0 Å². The fourth-order valence-corrected chi connectivity index (χ4v) is 0.561. The summed E-state index contributed by atoms with van der Waals surface area (Å²) >= 11 is 0. The van der Waals surface area contributed by atoms with Crippen LogP contribution in [0.1, 0.15) is 13.8 Å². The van der Waals surface area contributed by atoms with Crippen LogP contribution < -0.4 is 0 Å². The van der Waals surface area contributed by atoms with E-state index in [4.69, 9.17) is 10.5 Å². The highest BCUT2D eigenvalue weighted by atomic mass is 14.3. The Kier molecular flexibility index (Phi) is 3.68. The van der Waals surface area contributed by atoms with E-state index in [1.54, 1.807) is 26.0 Å². The van der Waals surface area contributed by atoms with E-state index in [0.29, 0.717) is 11.1 Å². The molecule has 0 aliphatic rings. The van der Waals surface area contributed by atoms with E-state index < -0.39 is 0 Å². The zero-order chi connectivity index (χ0) is 7.98. The molecule has 2 heteroatoms. The van der Waals surface area contributed by atoms with Crippen LogP contribution in [0.15, 0.2) is 23.3 Å². The summed E-state index contributed by atoms with van der Waals surface area (Å²) in [6, 6.07) is 3.85. The maximum absolute atomic E-state index is 8.45. The minimum Gasteiger partial charge on any atom is -0.192 e. The van der Waals surface area contributed by atoms with Gasteiger partial charge >= 0.3 is 0 Å². The summed E-state index contributed by atoms with van der Waals surface area (Å²) in [6.45, 7) is 3.47. The topological polar surface area (TPSA) is 47.6 Å². The second-order valence-electron chi connectivity index (χ2n) is 1.63. The molecule has 0 spiro atoms. The largest absolute Gasteiger partial charge is 0.192 e. The molecule has 0 amide bonds. The molecule has 10 heavy (non-hydrogen) atoms. The van der Waals surface area contributed by atoms with Crippen LogP contribution in [0, 0.1) is 22.7 Å². The van der Waals surface area contributed by atoms with Crippen LogP contribution >= 0.6 is 0 Å². The molecule has 0 heterocycles. The first-order valence-electron chi connectivity index (χ1n) is 2.93. The van der Waals surface area contributed by atoms with E-state index in [1.807, 2.05) is 12.1 Å². The lowest BCUT2D eigenvalue weighted by atomic mass is 10.1. The first kappa shape index (κ1) is 8.46. The van der Waals surface area contributed by atoms with Crippen molar-refractivity contribution in [1.82, 2.24) is 0 Å². The maximum Gasteiger partial charge on any atom is 0.100 e. The number of nitriles is 2. The van der Waals surface area contributed by atoms with Gasteiger partial charge in [-0.3, -0.25) is 0 Å². The number of hydrogen-bond acceptors (Lipinski definition) is 2. The van der Waals surface area contributed by atoms with Gasteiger partial charge in [0.2, 0.25) is 0 Å². The molecule has 0 rings (SSSR count). The molecule has 0 aliphatic heterocycles. The van der Waals surface area contributed by atoms with Crippen LogP contribution in [0.25, 0.3) is 0 Å². The molecule has 0 aromatic rings. The molecular weight excluding hydrogens is 124 g/mol. The number of rotatable bonds is 1. The van der Waals surface area contributed by atoms with Crippen LogP contribution in [0.4, 0.5) is 0 Å². The summed E-state index contributed by atoms with van der Waals surface area (Å²) in [6.07, 6.45) is 3.25.